The minimum Gasteiger partial charge on any atom is -0.489 e. The molecule has 0 spiro atoms. The number of ether oxygens (including phenoxy) is 2. The molecule has 0 aliphatic carbocycles. The lowest BCUT2D eigenvalue weighted by Gasteiger charge is -2.30. The molecule has 0 amide bonds. The Labute approximate surface area is 249 Å². The summed E-state index contributed by atoms with van der Waals surface area (Å²) >= 11 is 0. The number of aromatic nitrogens is 2. The predicted octanol–water partition coefficient (Wildman–Crippen LogP) is 4.82. The van der Waals surface area contributed by atoms with Gasteiger partial charge < -0.3 is 34.4 Å². The van der Waals surface area contributed by atoms with Gasteiger partial charge in [-0.2, -0.15) is 0 Å². The highest BCUT2D eigenvalue weighted by molar-refractivity contribution is 7.46. The lowest BCUT2D eigenvalue weighted by Crippen LogP contribution is -2.41. The molecule has 11 nitrogen and oxygen atoms in total. The van der Waals surface area contributed by atoms with Crippen LogP contribution in [0.5, 0.6) is 11.6 Å². The van der Waals surface area contributed by atoms with Gasteiger partial charge in [0.1, 0.15) is 25.3 Å². The zero-order valence-corrected chi connectivity index (χ0v) is 24.3. The minimum absolute atomic E-state index is 0.377. The average Bonchev–Trinajstić information content (AvgIpc) is 3.47. The summed E-state index contributed by atoms with van der Waals surface area (Å²) in [6.45, 7) is 0.717. The van der Waals surface area contributed by atoms with Crippen molar-refractivity contribution in [3.05, 3.63) is 125 Å². The van der Waals surface area contributed by atoms with Crippen molar-refractivity contribution in [3.63, 3.8) is 0 Å². The van der Waals surface area contributed by atoms with Gasteiger partial charge in [0.2, 0.25) is 5.88 Å². The minimum atomic E-state index is -4.63. The van der Waals surface area contributed by atoms with E-state index in [4.69, 9.17) is 29.5 Å². The Bertz CT molecular complexity index is 1570. The maximum absolute atomic E-state index is 11.0. The summed E-state index contributed by atoms with van der Waals surface area (Å²) in [5.41, 5.74) is 10.8. The van der Waals surface area contributed by atoms with Crippen LogP contribution in [-0.4, -0.2) is 44.3 Å². The first kappa shape index (κ1) is 30.2. The highest BCUT2D eigenvalue weighted by atomic mass is 31.2. The Morgan fingerprint density at radius 3 is 2.51 bits per heavy atom. The first-order chi connectivity index (χ1) is 20.8. The smallest absolute Gasteiger partial charge is 0.471 e. The third-order valence-electron chi connectivity index (χ3n) is 6.66. The largest absolute Gasteiger partial charge is 0.489 e. The SMILES string of the molecule is NC1C(c2cc(Cc3ccc(OCCCc4ccc(OCc5ccccc5)cc4)nc3)no2)=CC=CN1COP(=O)(O)O. The van der Waals surface area contributed by atoms with E-state index in [1.807, 2.05) is 54.6 Å². The molecule has 3 heterocycles. The molecule has 1 unspecified atom stereocenters. The monoisotopic (exact) mass is 604 g/mol. The van der Waals surface area contributed by atoms with Gasteiger partial charge in [0, 0.05) is 36.5 Å². The Balaban J connectivity index is 1.04. The van der Waals surface area contributed by atoms with Crippen LogP contribution in [0.25, 0.3) is 5.57 Å². The van der Waals surface area contributed by atoms with Crippen LogP contribution in [0, 0.1) is 0 Å². The number of benzene rings is 2. The summed E-state index contributed by atoms with van der Waals surface area (Å²) in [5, 5.41) is 4.14. The molecule has 4 aromatic rings. The van der Waals surface area contributed by atoms with Gasteiger partial charge in [-0.25, -0.2) is 9.55 Å². The molecule has 224 valence electrons. The van der Waals surface area contributed by atoms with E-state index in [0.29, 0.717) is 42.5 Å². The van der Waals surface area contributed by atoms with Gasteiger partial charge >= 0.3 is 7.82 Å². The molecule has 0 saturated heterocycles. The second-order valence-electron chi connectivity index (χ2n) is 9.91. The van der Waals surface area contributed by atoms with E-state index >= 15 is 0 Å². The number of pyridine rings is 1. The molecule has 43 heavy (non-hydrogen) atoms. The summed E-state index contributed by atoms with van der Waals surface area (Å²) < 4.78 is 32.8. The van der Waals surface area contributed by atoms with Crippen LogP contribution in [0.2, 0.25) is 0 Å². The lowest BCUT2D eigenvalue weighted by atomic mass is 10.1. The van der Waals surface area contributed by atoms with Crippen molar-refractivity contribution < 1.29 is 32.9 Å². The van der Waals surface area contributed by atoms with Gasteiger partial charge in [0.15, 0.2) is 5.76 Å². The fourth-order valence-corrected chi connectivity index (χ4v) is 4.69. The molecule has 12 heteroatoms. The molecular weight excluding hydrogens is 571 g/mol. The van der Waals surface area contributed by atoms with Crippen LogP contribution >= 0.6 is 7.82 Å². The van der Waals surface area contributed by atoms with Crippen molar-refractivity contribution in [2.75, 3.05) is 13.3 Å². The molecule has 2 aromatic heterocycles. The number of nitrogens with two attached hydrogens (primary N) is 1. The van der Waals surface area contributed by atoms with Crippen molar-refractivity contribution in [2.45, 2.75) is 32.0 Å². The third-order valence-corrected chi connectivity index (χ3v) is 7.11. The van der Waals surface area contributed by atoms with Crippen LogP contribution in [0.15, 0.2) is 102 Å². The maximum atomic E-state index is 11.0. The summed E-state index contributed by atoms with van der Waals surface area (Å²) in [5.74, 6) is 1.85. The molecule has 5 rings (SSSR count). The number of phosphoric acid groups is 1. The van der Waals surface area contributed by atoms with Crippen molar-refractivity contribution in [3.8, 4) is 11.6 Å². The van der Waals surface area contributed by atoms with E-state index in [9.17, 15) is 4.57 Å². The van der Waals surface area contributed by atoms with Crippen LogP contribution in [-0.2, 0) is 28.5 Å². The maximum Gasteiger partial charge on any atom is 0.471 e. The van der Waals surface area contributed by atoms with E-state index in [1.54, 1.807) is 30.6 Å². The van der Waals surface area contributed by atoms with Gasteiger partial charge in [-0.05, 0) is 47.7 Å². The lowest BCUT2D eigenvalue weighted by molar-refractivity contribution is 0.110. The number of hydrogen-bond acceptors (Lipinski definition) is 9. The molecule has 1 aliphatic rings. The number of phosphoric ester groups is 1. The number of aryl methyl sites for hydroxylation is 1. The molecule has 1 atom stereocenters. The fraction of sp³-hybridized carbons (Fsp3) is 0.226. The van der Waals surface area contributed by atoms with Gasteiger partial charge in [0.05, 0.1) is 12.3 Å². The van der Waals surface area contributed by atoms with E-state index < -0.39 is 14.0 Å². The Hall–Kier alpha value is -4.25. The van der Waals surface area contributed by atoms with Gasteiger partial charge in [-0.1, -0.05) is 59.8 Å². The van der Waals surface area contributed by atoms with Crippen LogP contribution < -0.4 is 15.2 Å². The number of nitrogens with zero attached hydrogens (tertiary/aromatic N) is 3. The van der Waals surface area contributed by atoms with E-state index in [0.717, 1.165) is 29.7 Å². The zero-order chi connectivity index (χ0) is 30.1. The Morgan fingerprint density at radius 1 is 0.977 bits per heavy atom. The Morgan fingerprint density at radius 2 is 1.77 bits per heavy atom. The van der Waals surface area contributed by atoms with Crippen molar-refractivity contribution in [2.24, 2.45) is 5.73 Å². The molecule has 2 aromatic carbocycles. The second-order valence-corrected chi connectivity index (χ2v) is 11.1. The second kappa shape index (κ2) is 14.3. The highest BCUT2D eigenvalue weighted by Crippen LogP contribution is 2.36. The third kappa shape index (κ3) is 9.12. The van der Waals surface area contributed by atoms with Crippen LogP contribution in [0.3, 0.4) is 0 Å². The summed E-state index contributed by atoms with van der Waals surface area (Å²) in [7, 11) is -4.63. The topological polar surface area (TPSA) is 153 Å². The number of rotatable bonds is 14. The fourth-order valence-electron chi connectivity index (χ4n) is 4.41. The summed E-state index contributed by atoms with van der Waals surface area (Å²) in [6, 6.07) is 23.8. The zero-order valence-electron chi connectivity index (χ0n) is 23.4. The van der Waals surface area contributed by atoms with E-state index in [2.05, 4.69) is 26.8 Å². The van der Waals surface area contributed by atoms with Gasteiger partial charge in [0.25, 0.3) is 0 Å². The number of allylic oxidation sites excluding steroid dienone is 2. The molecule has 1 aliphatic heterocycles. The van der Waals surface area contributed by atoms with Crippen molar-refractivity contribution in [1.29, 1.82) is 0 Å². The van der Waals surface area contributed by atoms with Crippen molar-refractivity contribution >= 4 is 13.4 Å². The van der Waals surface area contributed by atoms with E-state index in [-0.39, 0.29) is 6.73 Å². The van der Waals surface area contributed by atoms with Crippen molar-refractivity contribution in [1.82, 2.24) is 15.0 Å². The summed E-state index contributed by atoms with van der Waals surface area (Å²) in [6.07, 6.45) is 8.27. The molecule has 0 radical (unpaired) electrons. The highest BCUT2D eigenvalue weighted by Gasteiger charge is 2.25. The standard InChI is InChI=1S/C31H33N4O7P/c32-31-28(9-4-16-35(31)22-41-43(36,37)38)29-19-26(34-42-29)18-25-12-15-30(33-20-25)39-17-5-8-23-10-13-27(14-11-23)40-21-24-6-2-1-3-7-24/h1-4,6-7,9-16,19-20,31H,5,8,17-18,21-22,32H2,(H2,36,37,38). The van der Waals surface area contributed by atoms with Crippen LogP contribution in [0.4, 0.5) is 0 Å². The number of hydrogen-bond donors (Lipinski definition) is 3. The Kier molecular flexibility index (Phi) is 10.0. The average molecular weight is 605 g/mol. The predicted molar refractivity (Wildman–Crippen MR) is 160 cm³/mol. The molecular formula is C31H33N4O7P. The molecule has 0 saturated carbocycles. The van der Waals surface area contributed by atoms with Crippen LogP contribution in [0.1, 0.15) is 34.6 Å². The normalized spacial score (nSPS) is 14.9. The molecule has 0 fully saturated rings. The van der Waals surface area contributed by atoms with E-state index in [1.165, 1.54) is 10.5 Å². The first-order valence-corrected chi connectivity index (χ1v) is 15.2. The first-order valence-electron chi connectivity index (χ1n) is 13.7. The van der Waals surface area contributed by atoms with Gasteiger partial charge in [-0.15, -0.1) is 0 Å². The quantitative estimate of drug-likeness (QED) is 0.134. The summed E-state index contributed by atoms with van der Waals surface area (Å²) in [4.78, 5) is 23.8. The molecule has 4 N–H and O–H groups in total. The molecule has 0 bridgehead atoms. The van der Waals surface area contributed by atoms with Gasteiger partial charge in [-0.3, -0.25) is 4.52 Å².